The summed E-state index contributed by atoms with van der Waals surface area (Å²) in [6.45, 7) is 0. The van der Waals surface area contributed by atoms with Crippen molar-refractivity contribution in [2.24, 2.45) is 0 Å². The monoisotopic (exact) mass is 166 g/mol. The van der Waals surface area contributed by atoms with E-state index in [0.717, 1.165) is 0 Å². The maximum atomic E-state index is 10.2. The predicted molar refractivity (Wildman–Crippen MR) is 40.7 cm³/mol. The molecule has 62 valence electrons. The third-order valence-electron chi connectivity index (χ3n) is 1.32. The number of nitrogens with zero attached hydrogens (tertiary/aromatic N) is 2. The molecule has 1 aromatic rings. The maximum Gasteiger partial charge on any atom is 0.363 e. The van der Waals surface area contributed by atoms with Crippen LogP contribution in [0.3, 0.4) is 0 Å². The lowest BCUT2D eigenvalue weighted by Crippen LogP contribution is -1.94. The minimum atomic E-state index is -0.589. The molecule has 1 rings (SSSR count). The maximum absolute atomic E-state index is 10.2. The molecule has 0 N–H and O–H groups in total. The molecule has 0 amide bonds. The highest BCUT2D eigenvalue weighted by Crippen LogP contribution is 2.08. The molecule has 0 aliphatic heterocycles. The minimum absolute atomic E-state index is 0.184. The quantitative estimate of drug-likeness (QED) is 0.377. The van der Waals surface area contributed by atoms with E-state index in [2.05, 4.69) is 4.98 Å². The Morgan fingerprint density at radius 3 is 3.00 bits per heavy atom. The van der Waals surface area contributed by atoms with Crippen LogP contribution in [-0.2, 0) is 11.2 Å². The summed E-state index contributed by atoms with van der Waals surface area (Å²) < 4.78 is 0. The van der Waals surface area contributed by atoms with Gasteiger partial charge in [0, 0.05) is 12.5 Å². The number of aromatic nitrogens is 1. The zero-order valence-electron chi connectivity index (χ0n) is 6.14. The van der Waals surface area contributed by atoms with E-state index in [1.54, 1.807) is 6.07 Å². The average molecular weight is 166 g/mol. The van der Waals surface area contributed by atoms with Crippen molar-refractivity contribution in [2.45, 2.75) is 6.42 Å². The lowest BCUT2D eigenvalue weighted by atomic mass is 10.2. The molecule has 0 atom stereocenters. The lowest BCUT2D eigenvalue weighted by Gasteiger charge is -1.93. The molecule has 0 saturated carbocycles. The van der Waals surface area contributed by atoms with Crippen molar-refractivity contribution >= 4 is 12.1 Å². The molecule has 0 aromatic carbocycles. The largest absolute Gasteiger partial charge is 0.363 e. The molecule has 0 unspecified atom stereocenters. The molecule has 5 heteroatoms. The molecular formula is C7H6N2O3. The van der Waals surface area contributed by atoms with Gasteiger partial charge in [-0.25, -0.2) is 0 Å². The Balaban J connectivity index is 2.95. The molecule has 1 aromatic heterocycles. The molecule has 5 nitrogen and oxygen atoms in total. The zero-order valence-corrected chi connectivity index (χ0v) is 6.14. The van der Waals surface area contributed by atoms with Gasteiger partial charge in [-0.15, -0.1) is 0 Å². The number of pyridine rings is 1. The molecule has 0 fully saturated rings. The van der Waals surface area contributed by atoms with Gasteiger partial charge in [0.05, 0.1) is 0 Å². The Kier molecular flexibility index (Phi) is 2.47. The first-order valence-electron chi connectivity index (χ1n) is 3.27. The number of carbonyl (C=O) groups excluding carboxylic acids is 1. The van der Waals surface area contributed by atoms with E-state index >= 15 is 0 Å². The van der Waals surface area contributed by atoms with Crippen LogP contribution < -0.4 is 0 Å². The summed E-state index contributed by atoms with van der Waals surface area (Å²) in [5.74, 6) is -0.227. The summed E-state index contributed by atoms with van der Waals surface area (Å²) in [5, 5.41) is 10.2. The lowest BCUT2D eigenvalue weighted by molar-refractivity contribution is -0.389. The molecule has 12 heavy (non-hydrogen) atoms. The van der Waals surface area contributed by atoms with Gasteiger partial charge in [-0.1, -0.05) is 0 Å². The first kappa shape index (κ1) is 8.32. The van der Waals surface area contributed by atoms with Crippen LogP contribution in [0.1, 0.15) is 5.56 Å². The smallest absolute Gasteiger partial charge is 0.358 e. The van der Waals surface area contributed by atoms with E-state index in [4.69, 9.17) is 0 Å². The van der Waals surface area contributed by atoms with Gasteiger partial charge in [0.15, 0.2) is 0 Å². The van der Waals surface area contributed by atoms with Gasteiger partial charge in [0.25, 0.3) is 0 Å². The third-order valence-corrected chi connectivity index (χ3v) is 1.32. The van der Waals surface area contributed by atoms with Crippen molar-refractivity contribution in [3.8, 4) is 0 Å². The van der Waals surface area contributed by atoms with Gasteiger partial charge in [-0.05, 0) is 21.5 Å². The van der Waals surface area contributed by atoms with Crippen molar-refractivity contribution in [1.82, 2.24) is 4.98 Å². The van der Waals surface area contributed by atoms with Crippen molar-refractivity contribution in [2.75, 3.05) is 0 Å². The molecule has 0 radical (unpaired) electrons. The van der Waals surface area contributed by atoms with Crippen LogP contribution in [-0.4, -0.2) is 16.2 Å². The van der Waals surface area contributed by atoms with Crippen LogP contribution in [0.5, 0.6) is 0 Å². The highest BCUT2D eigenvalue weighted by Gasteiger charge is 2.05. The number of carbonyl (C=O) groups is 1. The number of nitro groups is 1. The normalized spacial score (nSPS) is 9.33. The second-order valence-corrected chi connectivity index (χ2v) is 2.15. The average Bonchev–Trinajstić information content (AvgIpc) is 2.05. The number of rotatable bonds is 3. The fraction of sp³-hybridized carbons (Fsp3) is 0.143. The van der Waals surface area contributed by atoms with Gasteiger partial charge >= 0.3 is 5.82 Å². The Hall–Kier alpha value is -1.78. The second kappa shape index (κ2) is 3.56. The van der Waals surface area contributed by atoms with Crippen LogP contribution in [0.4, 0.5) is 5.82 Å². The van der Waals surface area contributed by atoms with Crippen molar-refractivity contribution in [3.63, 3.8) is 0 Å². The first-order chi connectivity index (χ1) is 5.74. The fourth-order valence-corrected chi connectivity index (χ4v) is 0.784. The van der Waals surface area contributed by atoms with Crippen LogP contribution in [0, 0.1) is 10.1 Å². The number of hydrogen-bond acceptors (Lipinski definition) is 4. The van der Waals surface area contributed by atoms with E-state index in [9.17, 15) is 14.9 Å². The van der Waals surface area contributed by atoms with E-state index < -0.39 is 4.92 Å². The summed E-state index contributed by atoms with van der Waals surface area (Å²) in [7, 11) is 0. The van der Waals surface area contributed by atoms with Gasteiger partial charge in [0.2, 0.25) is 0 Å². The third kappa shape index (κ3) is 1.85. The Bertz CT molecular complexity index is 311. The van der Waals surface area contributed by atoms with Gasteiger partial charge in [-0.2, -0.15) is 0 Å². The summed E-state index contributed by atoms with van der Waals surface area (Å²) >= 11 is 0. The second-order valence-electron chi connectivity index (χ2n) is 2.15. The molecule has 0 spiro atoms. The molecule has 0 aliphatic rings. The van der Waals surface area contributed by atoms with Crippen LogP contribution in [0.25, 0.3) is 0 Å². The van der Waals surface area contributed by atoms with Crippen LogP contribution in [0.15, 0.2) is 18.3 Å². The van der Waals surface area contributed by atoms with Crippen LogP contribution >= 0.6 is 0 Å². The van der Waals surface area contributed by atoms with Gasteiger partial charge in [-0.3, -0.25) is 0 Å². The molecule has 0 saturated heterocycles. The van der Waals surface area contributed by atoms with E-state index in [0.29, 0.717) is 11.8 Å². The van der Waals surface area contributed by atoms with Crippen LogP contribution in [0.2, 0.25) is 0 Å². The predicted octanol–water partition coefficient (Wildman–Crippen LogP) is 0.731. The first-order valence-corrected chi connectivity index (χ1v) is 3.27. The standard InChI is InChI=1S/C7H6N2O3/c10-4-2-6-1-3-8-7(5-6)9(11)12/h1,3-5H,2H2. The topological polar surface area (TPSA) is 73.1 Å². The Labute approximate surface area is 68.2 Å². The van der Waals surface area contributed by atoms with Crippen molar-refractivity contribution < 1.29 is 9.72 Å². The number of aldehydes is 1. The molecule has 0 bridgehead atoms. The highest BCUT2D eigenvalue weighted by atomic mass is 16.6. The van der Waals surface area contributed by atoms with Gasteiger partial charge < -0.3 is 14.9 Å². The van der Waals surface area contributed by atoms with Crippen molar-refractivity contribution in [1.29, 1.82) is 0 Å². The van der Waals surface area contributed by atoms with Gasteiger partial charge in [0.1, 0.15) is 12.5 Å². The minimum Gasteiger partial charge on any atom is -0.358 e. The SMILES string of the molecule is O=CCc1ccnc([N+](=O)[O-])c1. The van der Waals surface area contributed by atoms with E-state index in [1.165, 1.54) is 12.3 Å². The summed E-state index contributed by atoms with van der Waals surface area (Å²) in [4.78, 5) is 23.2. The summed E-state index contributed by atoms with van der Waals surface area (Å²) in [6, 6.07) is 2.86. The number of hydrogen-bond donors (Lipinski definition) is 0. The summed E-state index contributed by atoms with van der Waals surface area (Å²) in [5.41, 5.74) is 0.603. The molecule has 0 aliphatic carbocycles. The van der Waals surface area contributed by atoms with E-state index in [1.807, 2.05) is 0 Å². The van der Waals surface area contributed by atoms with Crippen molar-refractivity contribution in [3.05, 3.63) is 34.0 Å². The zero-order chi connectivity index (χ0) is 8.97. The molecular weight excluding hydrogens is 160 g/mol. The Morgan fingerprint density at radius 1 is 1.67 bits per heavy atom. The highest BCUT2D eigenvalue weighted by molar-refractivity contribution is 5.55. The summed E-state index contributed by atoms with van der Waals surface area (Å²) in [6.07, 6.45) is 2.19. The van der Waals surface area contributed by atoms with E-state index in [-0.39, 0.29) is 12.2 Å². The fourth-order valence-electron chi connectivity index (χ4n) is 0.784. The molecule has 1 heterocycles. The Morgan fingerprint density at radius 2 is 2.42 bits per heavy atom.